The van der Waals surface area contributed by atoms with E-state index < -0.39 is 0 Å². The zero-order valence-corrected chi connectivity index (χ0v) is 6.99. The van der Waals surface area contributed by atoms with Crippen LogP contribution in [0, 0.1) is 6.92 Å². The van der Waals surface area contributed by atoms with Gasteiger partial charge >= 0.3 is 0 Å². The number of hydrogen-bond donors (Lipinski definition) is 2. The third-order valence-corrected chi connectivity index (χ3v) is 1.67. The molecule has 0 atom stereocenters. The Morgan fingerprint density at radius 2 is 2.17 bits per heavy atom. The van der Waals surface area contributed by atoms with Crippen molar-refractivity contribution < 1.29 is 10.2 Å². The maximum absolute atomic E-state index is 9.49. The summed E-state index contributed by atoms with van der Waals surface area (Å²) >= 11 is 0. The van der Waals surface area contributed by atoms with E-state index in [0.717, 1.165) is 11.1 Å². The van der Waals surface area contributed by atoms with Crippen molar-refractivity contribution in [1.82, 2.24) is 0 Å². The fourth-order valence-corrected chi connectivity index (χ4v) is 0.996. The van der Waals surface area contributed by atoms with Crippen molar-refractivity contribution in [3.63, 3.8) is 0 Å². The maximum Gasteiger partial charge on any atom is 0.125 e. The Kier molecular flexibility index (Phi) is 2.88. The van der Waals surface area contributed by atoms with E-state index >= 15 is 0 Å². The first-order valence-electron chi connectivity index (χ1n) is 3.81. The summed E-state index contributed by atoms with van der Waals surface area (Å²) in [6.07, 6.45) is 3.29. The number of aliphatic hydroxyl groups is 1. The van der Waals surface area contributed by atoms with Gasteiger partial charge < -0.3 is 10.2 Å². The molecule has 0 aliphatic carbocycles. The quantitative estimate of drug-likeness (QED) is 0.698. The van der Waals surface area contributed by atoms with Crippen molar-refractivity contribution in [1.29, 1.82) is 0 Å². The molecular formula is C10H12O2. The Bertz CT molecular complexity index is 290. The molecule has 0 heterocycles. The minimum Gasteiger partial charge on any atom is -0.507 e. The Labute approximate surface area is 71.8 Å². The Hall–Kier alpha value is -1.28. The van der Waals surface area contributed by atoms with E-state index in [1.54, 1.807) is 18.2 Å². The van der Waals surface area contributed by atoms with Gasteiger partial charge in [-0.3, -0.25) is 0 Å². The lowest BCUT2D eigenvalue weighted by Gasteiger charge is -2.01. The highest BCUT2D eigenvalue weighted by Gasteiger charge is 1.98. The van der Waals surface area contributed by atoms with Gasteiger partial charge in [0.05, 0.1) is 6.61 Å². The molecule has 1 rings (SSSR count). The smallest absolute Gasteiger partial charge is 0.125 e. The molecule has 0 bridgehead atoms. The number of rotatable bonds is 2. The highest BCUT2D eigenvalue weighted by molar-refractivity contribution is 5.58. The molecule has 2 heteroatoms. The predicted molar refractivity (Wildman–Crippen MR) is 49.0 cm³/mol. The van der Waals surface area contributed by atoms with Crippen molar-refractivity contribution in [2.24, 2.45) is 0 Å². The summed E-state index contributed by atoms with van der Waals surface area (Å²) in [6, 6.07) is 5.51. The second-order valence-electron chi connectivity index (χ2n) is 2.60. The Balaban J connectivity index is 3.00. The number of benzene rings is 1. The van der Waals surface area contributed by atoms with Gasteiger partial charge in [-0.1, -0.05) is 30.4 Å². The summed E-state index contributed by atoms with van der Waals surface area (Å²) in [6.45, 7) is 1.83. The van der Waals surface area contributed by atoms with Crippen LogP contribution in [-0.4, -0.2) is 16.8 Å². The molecule has 2 nitrogen and oxygen atoms in total. The van der Waals surface area contributed by atoms with Crippen LogP contribution in [0.3, 0.4) is 0 Å². The van der Waals surface area contributed by atoms with Crippen molar-refractivity contribution in [2.45, 2.75) is 6.92 Å². The summed E-state index contributed by atoms with van der Waals surface area (Å²) < 4.78 is 0. The number of aromatic hydroxyl groups is 1. The van der Waals surface area contributed by atoms with Crippen LogP contribution in [0.25, 0.3) is 6.08 Å². The van der Waals surface area contributed by atoms with Crippen LogP contribution < -0.4 is 0 Å². The lowest BCUT2D eigenvalue weighted by atomic mass is 10.1. The van der Waals surface area contributed by atoms with Gasteiger partial charge in [-0.25, -0.2) is 0 Å². The average molecular weight is 164 g/mol. The van der Waals surface area contributed by atoms with Crippen LogP contribution in [0.4, 0.5) is 0 Å². The second kappa shape index (κ2) is 3.93. The molecule has 0 aromatic heterocycles. The lowest BCUT2D eigenvalue weighted by Crippen LogP contribution is -1.79. The number of aliphatic hydroxyl groups excluding tert-OH is 1. The van der Waals surface area contributed by atoms with Crippen molar-refractivity contribution >= 4 is 6.08 Å². The fraction of sp³-hybridized carbons (Fsp3) is 0.200. The normalized spacial score (nSPS) is 10.8. The summed E-state index contributed by atoms with van der Waals surface area (Å²) in [7, 11) is 0. The molecule has 0 aliphatic rings. The van der Waals surface area contributed by atoms with E-state index in [2.05, 4.69) is 0 Å². The molecule has 0 spiro atoms. The molecule has 0 amide bonds. The van der Waals surface area contributed by atoms with Crippen molar-refractivity contribution in [3.05, 3.63) is 35.4 Å². The molecule has 1 aromatic rings. The molecular weight excluding hydrogens is 152 g/mol. The summed E-state index contributed by atoms with van der Waals surface area (Å²) in [5, 5.41) is 18.0. The molecule has 0 radical (unpaired) electrons. The summed E-state index contributed by atoms with van der Waals surface area (Å²) in [5.74, 6) is 0.280. The molecule has 64 valence electrons. The first kappa shape index (κ1) is 8.81. The molecule has 0 saturated carbocycles. The first-order chi connectivity index (χ1) is 5.75. The average Bonchev–Trinajstić information content (AvgIpc) is 2.08. The molecule has 0 fully saturated rings. The highest BCUT2D eigenvalue weighted by Crippen LogP contribution is 2.22. The molecule has 2 N–H and O–H groups in total. The molecule has 0 aliphatic heterocycles. The lowest BCUT2D eigenvalue weighted by molar-refractivity contribution is 0.343. The topological polar surface area (TPSA) is 40.5 Å². The highest BCUT2D eigenvalue weighted by atomic mass is 16.3. The summed E-state index contributed by atoms with van der Waals surface area (Å²) in [5.41, 5.74) is 1.58. The first-order valence-corrected chi connectivity index (χ1v) is 3.81. The second-order valence-corrected chi connectivity index (χ2v) is 2.60. The predicted octanol–water partition coefficient (Wildman–Crippen LogP) is 1.71. The number of phenols is 1. The van der Waals surface area contributed by atoms with Crippen molar-refractivity contribution in [2.75, 3.05) is 6.61 Å². The SMILES string of the molecule is Cc1cccc(/C=C\CO)c1O. The van der Waals surface area contributed by atoms with Gasteiger partial charge in [0.2, 0.25) is 0 Å². The van der Waals surface area contributed by atoms with Gasteiger partial charge in [-0.15, -0.1) is 0 Å². The molecule has 0 unspecified atom stereocenters. The van der Waals surface area contributed by atoms with Gasteiger partial charge in [0.1, 0.15) is 5.75 Å². The number of para-hydroxylation sites is 1. The Morgan fingerprint density at radius 3 is 2.83 bits per heavy atom. The van der Waals surface area contributed by atoms with Gasteiger partial charge in [-0.05, 0) is 12.5 Å². The number of hydrogen-bond acceptors (Lipinski definition) is 2. The molecule has 12 heavy (non-hydrogen) atoms. The van der Waals surface area contributed by atoms with E-state index in [1.165, 1.54) is 0 Å². The standard InChI is InChI=1S/C10H12O2/c1-8-4-2-5-9(10(8)12)6-3-7-11/h2-6,11-12H,7H2,1H3/b6-3-. The largest absolute Gasteiger partial charge is 0.507 e. The van der Waals surface area contributed by atoms with Gasteiger partial charge in [-0.2, -0.15) is 0 Å². The monoisotopic (exact) mass is 164 g/mol. The minimum atomic E-state index is -0.00657. The van der Waals surface area contributed by atoms with Crippen molar-refractivity contribution in [3.8, 4) is 5.75 Å². The van der Waals surface area contributed by atoms with Gasteiger partial charge in [0.15, 0.2) is 0 Å². The van der Waals surface area contributed by atoms with Crippen LogP contribution in [0.15, 0.2) is 24.3 Å². The molecule has 1 aromatic carbocycles. The van der Waals surface area contributed by atoms with Crippen LogP contribution in [-0.2, 0) is 0 Å². The van der Waals surface area contributed by atoms with E-state index in [9.17, 15) is 5.11 Å². The van der Waals surface area contributed by atoms with E-state index in [1.807, 2.05) is 19.1 Å². The number of phenolic OH excluding ortho intramolecular Hbond substituents is 1. The Morgan fingerprint density at radius 1 is 1.42 bits per heavy atom. The zero-order valence-electron chi connectivity index (χ0n) is 6.99. The van der Waals surface area contributed by atoms with Gasteiger partial charge in [0, 0.05) is 5.56 Å². The van der Waals surface area contributed by atoms with Gasteiger partial charge in [0.25, 0.3) is 0 Å². The number of aryl methyl sites for hydroxylation is 1. The fourth-order valence-electron chi connectivity index (χ4n) is 0.996. The summed E-state index contributed by atoms with van der Waals surface area (Å²) in [4.78, 5) is 0. The van der Waals surface area contributed by atoms with Crippen LogP contribution in [0.2, 0.25) is 0 Å². The third kappa shape index (κ3) is 1.86. The minimum absolute atomic E-state index is 0.00657. The zero-order chi connectivity index (χ0) is 8.97. The van der Waals surface area contributed by atoms with E-state index in [0.29, 0.717) is 0 Å². The third-order valence-electron chi connectivity index (χ3n) is 1.67. The maximum atomic E-state index is 9.49. The van der Waals surface area contributed by atoms with Crippen LogP contribution >= 0.6 is 0 Å². The van der Waals surface area contributed by atoms with Crippen LogP contribution in [0.5, 0.6) is 5.75 Å². The van der Waals surface area contributed by atoms with E-state index in [4.69, 9.17) is 5.11 Å². The van der Waals surface area contributed by atoms with E-state index in [-0.39, 0.29) is 12.4 Å². The molecule has 0 saturated heterocycles. The van der Waals surface area contributed by atoms with Crippen LogP contribution in [0.1, 0.15) is 11.1 Å².